The van der Waals surface area contributed by atoms with Gasteiger partial charge in [0.15, 0.2) is 0 Å². The number of ether oxygens (including phenoxy) is 1. The third kappa shape index (κ3) is 4.28. The molecular weight excluding hydrogens is 267 g/mol. The van der Waals surface area contributed by atoms with Crippen LogP contribution in [-0.4, -0.2) is 19.1 Å². The molecule has 2 N–H and O–H groups in total. The highest BCUT2D eigenvalue weighted by molar-refractivity contribution is 5.29. The molecule has 0 saturated carbocycles. The summed E-state index contributed by atoms with van der Waals surface area (Å²) in [5, 5.41) is 0. The Labute approximate surface area is 125 Å². The van der Waals surface area contributed by atoms with Gasteiger partial charge in [-0.05, 0) is 24.2 Å². The zero-order valence-corrected chi connectivity index (χ0v) is 12.5. The van der Waals surface area contributed by atoms with Crippen molar-refractivity contribution in [2.75, 3.05) is 14.2 Å². The van der Waals surface area contributed by atoms with Gasteiger partial charge >= 0.3 is 0 Å². The molecule has 2 aromatic rings. The minimum Gasteiger partial charge on any atom is -0.497 e. The zero-order valence-electron chi connectivity index (χ0n) is 12.5. The van der Waals surface area contributed by atoms with Gasteiger partial charge in [-0.25, -0.2) is 4.39 Å². The van der Waals surface area contributed by atoms with Crippen molar-refractivity contribution in [2.45, 2.75) is 19.6 Å². The van der Waals surface area contributed by atoms with Gasteiger partial charge < -0.3 is 10.5 Å². The summed E-state index contributed by atoms with van der Waals surface area (Å²) in [6, 6.07) is 13.1. The molecular formula is C17H21FN2O. The van der Waals surface area contributed by atoms with Crippen molar-refractivity contribution < 1.29 is 9.13 Å². The van der Waals surface area contributed by atoms with E-state index in [1.807, 2.05) is 19.2 Å². The molecule has 0 fully saturated rings. The van der Waals surface area contributed by atoms with Crippen molar-refractivity contribution in [1.82, 2.24) is 4.90 Å². The van der Waals surface area contributed by atoms with E-state index in [2.05, 4.69) is 17.0 Å². The molecule has 0 amide bonds. The number of nitrogens with zero attached hydrogens (tertiary/aromatic N) is 1. The van der Waals surface area contributed by atoms with Crippen LogP contribution in [0.4, 0.5) is 4.39 Å². The van der Waals surface area contributed by atoms with Gasteiger partial charge in [-0.3, -0.25) is 4.90 Å². The number of benzene rings is 2. The molecule has 0 heterocycles. The first-order valence-corrected chi connectivity index (χ1v) is 6.91. The van der Waals surface area contributed by atoms with E-state index in [4.69, 9.17) is 10.5 Å². The molecule has 0 atom stereocenters. The fourth-order valence-corrected chi connectivity index (χ4v) is 2.30. The van der Waals surface area contributed by atoms with Gasteiger partial charge in [0, 0.05) is 31.3 Å². The maximum absolute atomic E-state index is 13.9. The molecule has 112 valence electrons. The maximum Gasteiger partial charge on any atom is 0.131 e. The molecule has 2 aromatic carbocycles. The SMILES string of the molecule is COc1ccc(CN(C)Cc2cccc(CN)c2)c(F)c1. The summed E-state index contributed by atoms with van der Waals surface area (Å²) in [7, 11) is 3.50. The Bertz CT molecular complexity index is 601. The van der Waals surface area contributed by atoms with Gasteiger partial charge in [0.1, 0.15) is 11.6 Å². The third-order valence-corrected chi connectivity index (χ3v) is 3.38. The lowest BCUT2D eigenvalue weighted by Gasteiger charge is -2.18. The largest absolute Gasteiger partial charge is 0.497 e. The Hall–Kier alpha value is -1.91. The summed E-state index contributed by atoms with van der Waals surface area (Å²) in [5.41, 5.74) is 8.59. The normalized spacial score (nSPS) is 10.9. The second-order valence-corrected chi connectivity index (χ2v) is 5.15. The summed E-state index contributed by atoms with van der Waals surface area (Å²) in [4.78, 5) is 2.07. The maximum atomic E-state index is 13.9. The van der Waals surface area contributed by atoms with Crippen LogP contribution in [0, 0.1) is 5.82 Å². The van der Waals surface area contributed by atoms with Crippen molar-refractivity contribution in [1.29, 1.82) is 0 Å². The Morgan fingerprint density at radius 3 is 2.52 bits per heavy atom. The second kappa shape index (κ2) is 7.20. The third-order valence-electron chi connectivity index (χ3n) is 3.38. The molecule has 0 aromatic heterocycles. The zero-order chi connectivity index (χ0) is 15.2. The molecule has 2 rings (SSSR count). The Morgan fingerprint density at radius 1 is 1.10 bits per heavy atom. The van der Waals surface area contributed by atoms with Crippen LogP contribution in [0.5, 0.6) is 5.75 Å². The predicted octanol–water partition coefficient (Wildman–Crippen LogP) is 2.93. The van der Waals surface area contributed by atoms with Crippen LogP contribution in [0.3, 0.4) is 0 Å². The number of methoxy groups -OCH3 is 1. The van der Waals surface area contributed by atoms with E-state index in [9.17, 15) is 4.39 Å². The van der Waals surface area contributed by atoms with Crippen LogP contribution in [0.25, 0.3) is 0 Å². The lowest BCUT2D eigenvalue weighted by Crippen LogP contribution is -2.18. The van der Waals surface area contributed by atoms with Crippen molar-refractivity contribution in [2.24, 2.45) is 5.73 Å². The van der Waals surface area contributed by atoms with E-state index in [0.29, 0.717) is 24.4 Å². The Balaban J connectivity index is 2.02. The first-order valence-electron chi connectivity index (χ1n) is 6.91. The summed E-state index contributed by atoms with van der Waals surface area (Å²) >= 11 is 0. The van der Waals surface area contributed by atoms with Gasteiger partial charge in [-0.1, -0.05) is 30.3 Å². The van der Waals surface area contributed by atoms with E-state index in [1.54, 1.807) is 12.1 Å². The molecule has 3 nitrogen and oxygen atoms in total. The Morgan fingerprint density at radius 2 is 1.86 bits per heavy atom. The highest BCUT2D eigenvalue weighted by Crippen LogP contribution is 2.18. The molecule has 0 radical (unpaired) electrons. The van der Waals surface area contributed by atoms with E-state index in [0.717, 1.165) is 12.1 Å². The van der Waals surface area contributed by atoms with Crippen LogP contribution in [0.1, 0.15) is 16.7 Å². The van der Waals surface area contributed by atoms with Gasteiger partial charge in [0.05, 0.1) is 7.11 Å². The van der Waals surface area contributed by atoms with E-state index >= 15 is 0 Å². The molecule has 0 unspecified atom stereocenters. The van der Waals surface area contributed by atoms with Crippen molar-refractivity contribution in [3.63, 3.8) is 0 Å². The smallest absolute Gasteiger partial charge is 0.131 e. The number of halogens is 1. The van der Waals surface area contributed by atoms with Crippen molar-refractivity contribution in [3.8, 4) is 5.75 Å². The topological polar surface area (TPSA) is 38.5 Å². The van der Waals surface area contributed by atoms with Gasteiger partial charge in [0.2, 0.25) is 0 Å². The van der Waals surface area contributed by atoms with Crippen LogP contribution in [0.15, 0.2) is 42.5 Å². The van der Waals surface area contributed by atoms with E-state index in [1.165, 1.54) is 18.7 Å². The molecule has 0 aliphatic carbocycles. The molecule has 4 heteroatoms. The highest BCUT2D eigenvalue weighted by atomic mass is 19.1. The number of nitrogens with two attached hydrogens (primary N) is 1. The average Bonchev–Trinajstić information content (AvgIpc) is 2.49. The summed E-state index contributed by atoms with van der Waals surface area (Å²) in [6.07, 6.45) is 0. The van der Waals surface area contributed by atoms with E-state index in [-0.39, 0.29) is 5.82 Å². The summed E-state index contributed by atoms with van der Waals surface area (Å²) in [6.45, 7) is 1.83. The van der Waals surface area contributed by atoms with Crippen LogP contribution in [-0.2, 0) is 19.6 Å². The fraction of sp³-hybridized carbons (Fsp3) is 0.294. The monoisotopic (exact) mass is 288 g/mol. The summed E-state index contributed by atoms with van der Waals surface area (Å²) in [5.74, 6) is 0.298. The molecule has 0 bridgehead atoms. The molecule has 0 aliphatic rings. The molecule has 0 spiro atoms. The molecule has 0 aliphatic heterocycles. The summed E-state index contributed by atoms with van der Waals surface area (Å²) < 4.78 is 18.9. The van der Waals surface area contributed by atoms with Crippen LogP contribution in [0.2, 0.25) is 0 Å². The van der Waals surface area contributed by atoms with Crippen molar-refractivity contribution >= 4 is 0 Å². The molecule has 0 saturated heterocycles. The highest BCUT2D eigenvalue weighted by Gasteiger charge is 2.08. The minimum absolute atomic E-state index is 0.239. The first kappa shape index (κ1) is 15.5. The number of hydrogen-bond donors (Lipinski definition) is 1. The van der Waals surface area contributed by atoms with Crippen molar-refractivity contribution in [3.05, 3.63) is 65.0 Å². The first-order chi connectivity index (χ1) is 10.1. The number of hydrogen-bond acceptors (Lipinski definition) is 3. The predicted molar refractivity (Wildman–Crippen MR) is 82.5 cm³/mol. The molecule has 21 heavy (non-hydrogen) atoms. The van der Waals surface area contributed by atoms with E-state index < -0.39 is 0 Å². The lowest BCUT2D eigenvalue weighted by molar-refractivity contribution is 0.313. The fourth-order valence-electron chi connectivity index (χ4n) is 2.30. The van der Waals surface area contributed by atoms with Gasteiger partial charge in [-0.2, -0.15) is 0 Å². The average molecular weight is 288 g/mol. The lowest BCUT2D eigenvalue weighted by atomic mass is 10.1. The quantitative estimate of drug-likeness (QED) is 0.888. The number of rotatable bonds is 6. The van der Waals surface area contributed by atoms with Crippen LogP contribution < -0.4 is 10.5 Å². The Kier molecular flexibility index (Phi) is 5.31. The van der Waals surface area contributed by atoms with Gasteiger partial charge in [-0.15, -0.1) is 0 Å². The van der Waals surface area contributed by atoms with Crippen LogP contribution >= 0.6 is 0 Å². The standard InChI is InChI=1S/C17H21FN2O/c1-20(11-14-5-3-4-13(8-14)10-19)12-15-6-7-16(21-2)9-17(15)18/h3-9H,10-12,19H2,1-2H3. The van der Waals surface area contributed by atoms with Gasteiger partial charge in [0.25, 0.3) is 0 Å². The second-order valence-electron chi connectivity index (χ2n) is 5.15. The minimum atomic E-state index is -0.239.